The first kappa shape index (κ1) is 16.4. The van der Waals surface area contributed by atoms with Crippen molar-refractivity contribution in [3.05, 3.63) is 76.6 Å². The minimum Gasteiger partial charge on any atom is -0.486 e. The largest absolute Gasteiger partial charge is 0.486 e. The standard InChI is InChI=1S/C20H14ClNO4/c21-13-6-7-17(22-8-2-3-14(22)12-23)16(11-13)19(24)15-4-1-5-18-20(15)26-10-9-25-18/h1-8,11-12H,9-10H2. The maximum atomic E-state index is 13.3. The van der Waals surface area contributed by atoms with Crippen LogP contribution in [0.15, 0.2) is 54.7 Å². The van der Waals surface area contributed by atoms with Crippen molar-refractivity contribution >= 4 is 23.7 Å². The number of carbonyl (C=O) groups is 2. The maximum absolute atomic E-state index is 13.3. The van der Waals surface area contributed by atoms with Crippen LogP contribution in [0.2, 0.25) is 5.02 Å². The highest BCUT2D eigenvalue weighted by Gasteiger charge is 2.24. The van der Waals surface area contributed by atoms with Crippen LogP contribution >= 0.6 is 11.6 Å². The molecule has 4 rings (SSSR count). The van der Waals surface area contributed by atoms with Gasteiger partial charge in [-0.2, -0.15) is 0 Å². The molecular weight excluding hydrogens is 354 g/mol. The number of para-hydroxylation sites is 1. The Balaban J connectivity index is 1.87. The molecule has 0 saturated heterocycles. The number of aromatic nitrogens is 1. The van der Waals surface area contributed by atoms with Gasteiger partial charge in [-0.05, 0) is 42.5 Å². The maximum Gasteiger partial charge on any atom is 0.199 e. The number of rotatable bonds is 4. The second kappa shape index (κ2) is 6.69. The summed E-state index contributed by atoms with van der Waals surface area (Å²) in [6.45, 7) is 0.825. The molecule has 5 nitrogen and oxygen atoms in total. The van der Waals surface area contributed by atoms with Gasteiger partial charge in [-0.1, -0.05) is 17.7 Å². The molecule has 2 aromatic carbocycles. The third-order valence-corrected chi connectivity index (χ3v) is 4.41. The van der Waals surface area contributed by atoms with Crippen LogP contribution < -0.4 is 9.47 Å². The molecule has 0 fully saturated rings. The summed E-state index contributed by atoms with van der Waals surface area (Å²) in [5.74, 6) is 0.716. The van der Waals surface area contributed by atoms with Crippen LogP contribution in [0.5, 0.6) is 11.5 Å². The van der Waals surface area contributed by atoms with Crippen LogP contribution in [0.4, 0.5) is 0 Å². The number of ether oxygens (including phenoxy) is 2. The average molecular weight is 368 g/mol. The summed E-state index contributed by atoms with van der Waals surface area (Å²) in [6, 6.07) is 13.6. The number of carbonyl (C=O) groups excluding carboxylic acids is 2. The molecular formula is C20H14ClNO4. The Hall–Kier alpha value is -3.05. The van der Waals surface area contributed by atoms with Crippen molar-refractivity contribution in [3.8, 4) is 17.2 Å². The highest BCUT2D eigenvalue weighted by Crippen LogP contribution is 2.36. The van der Waals surface area contributed by atoms with Crippen molar-refractivity contribution in [1.82, 2.24) is 4.57 Å². The second-order valence-electron chi connectivity index (χ2n) is 5.74. The van der Waals surface area contributed by atoms with E-state index < -0.39 is 0 Å². The molecule has 0 bridgehead atoms. The van der Waals surface area contributed by atoms with Gasteiger partial charge >= 0.3 is 0 Å². The van der Waals surface area contributed by atoms with Gasteiger partial charge in [-0.25, -0.2) is 0 Å². The number of hydrogen-bond donors (Lipinski definition) is 0. The molecule has 3 aromatic rings. The summed E-state index contributed by atoms with van der Waals surface area (Å²) >= 11 is 6.14. The molecule has 0 radical (unpaired) electrons. The normalized spacial score (nSPS) is 12.7. The molecule has 130 valence electrons. The molecule has 26 heavy (non-hydrogen) atoms. The van der Waals surface area contributed by atoms with Crippen molar-refractivity contribution in [2.24, 2.45) is 0 Å². The van der Waals surface area contributed by atoms with Gasteiger partial charge in [-0.3, -0.25) is 9.59 Å². The first-order valence-electron chi connectivity index (χ1n) is 8.05. The zero-order valence-corrected chi connectivity index (χ0v) is 14.4. The Labute approximate surface area is 154 Å². The van der Waals surface area contributed by atoms with E-state index >= 15 is 0 Å². The minimum absolute atomic E-state index is 0.254. The third kappa shape index (κ3) is 2.76. The summed E-state index contributed by atoms with van der Waals surface area (Å²) < 4.78 is 12.9. The number of halogens is 1. The highest BCUT2D eigenvalue weighted by atomic mass is 35.5. The van der Waals surface area contributed by atoms with Gasteiger partial charge < -0.3 is 14.0 Å². The molecule has 1 aliphatic heterocycles. The molecule has 0 spiro atoms. The summed E-state index contributed by atoms with van der Waals surface area (Å²) in [7, 11) is 0. The molecule has 6 heteroatoms. The van der Waals surface area contributed by atoms with Crippen LogP contribution in [0.3, 0.4) is 0 Å². The lowest BCUT2D eigenvalue weighted by Gasteiger charge is -2.21. The first-order valence-corrected chi connectivity index (χ1v) is 8.42. The van der Waals surface area contributed by atoms with Crippen molar-refractivity contribution in [3.63, 3.8) is 0 Å². The molecule has 0 unspecified atom stereocenters. The van der Waals surface area contributed by atoms with Crippen molar-refractivity contribution in [2.45, 2.75) is 0 Å². The minimum atomic E-state index is -0.254. The van der Waals surface area contributed by atoms with E-state index in [9.17, 15) is 9.59 Å². The van der Waals surface area contributed by atoms with Gasteiger partial charge in [0, 0.05) is 16.8 Å². The van der Waals surface area contributed by atoms with E-state index in [1.165, 1.54) is 0 Å². The zero-order chi connectivity index (χ0) is 18.1. The van der Waals surface area contributed by atoms with Gasteiger partial charge in [-0.15, -0.1) is 0 Å². The van der Waals surface area contributed by atoms with Crippen molar-refractivity contribution in [2.75, 3.05) is 13.2 Å². The lowest BCUT2D eigenvalue weighted by molar-refractivity contribution is 0.102. The Morgan fingerprint density at radius 1 is 1.04 bits per heavy atom. The van der Waals surface area contributed by atoms with Crippen LogP contribution in [0.1, 0.15) is 26.4 Å². The van der Waals surface area contributed by atoms with Gasteiger partial charge in [0.05, 0.1) is 16.9 Å². The number of ketones is 1. The molecule has 0 atom stereocenters. The predicted molar refractivity (Wildman–Crippen MR) is 97.0 cm³/mol. The summed E-state index contributed by atoms with van der Waals surface area (Å²) in [5, 5.41) is 0.430. The number of hydrogen-bond acceptors (Lipinski definition) is 4. The average Bonchev–Trinajstić information content (AvgIpc) is 3.15. The summed E-state index contributed by atoms with van der Waals surface area (Å²) in [5.41, 5.74) is 1.78. The van der Waals surface area contributed by atoms with Crippen LogP contribution in [-0.4, -0.2) is 29.9 Å². The number of fused-ring (bicyclic) bond motifs is 1. The van der Waals surface area contributed by atoms with Crippen LogP contribution in [0, 0.1) is 0 Å². The van der Waals surface area contributed by atoms with E-state index in [0.29, 0.717) is 52.2 Å². The lowest BCUT2D eigenvalue weighted by Crippen LogP contribution is -2.18. The Morgan fingerprint density at radius 3 is 2.73 bits per heavy atom. The van der Waals surface area contributed by atoms with E-state index in [4.69, 9.17) is 21.1 Å². The predicted octanol–water partition coefficient (Wildman–Crippen LogP) is 3.95. The van der Waals surface area contributed by atoms with E-state index in [0.717, 1.165) is 6.29 Å². The van der Waals surface area contributed by atoms with E-state index in [1.807, 2.05) is 0 Å². The third-order valence-electron chi connectivity index (χ3n) is 4.17. The van der Waals surface area contributed by atoms with Crippen molar-refractivity contribution < 1.29 is 19.1 Å². The Kier molecular flexibility index (Phi) is 4.22. The number of aldehydes is 1. The van der Waals surface area contributed by atoms with E-state index in [2.05, 4.69) is 0 Å². The molecule has 0 aliphatic carbocycles. The Bertz CT molecular complexity index is 1010. The van der Waals surface area contributed by atoms with Gasteiger partial charge in [0.25, 0.3) is 0 Å². The molecule has 0 amide bonds. The second-order valence-corrected chi connectivity index (χ2v) is 6.18. The molecule has 0 N–H and O–H groups in total. The van der Waals surface area contributed by atoms with E-state index in [1.54, 1.807) is 59.3 Å². The summed E-state index contributed by atoms with van der Waals surface area (Å²) in [4.78, 5) is 24.6. The first-order chi connectivity index (χ1) is 12.7. The monoisotopic (exact) mass is 367 g/mol. The lowest BCUT2D eigenvalue weighted by atomic mass is 10.00. The zero-order valence-electron chi connectivity index (χ0n) is 13.6. The molecule has 1 aliphatic rings. The highest BCUT2D eigenvalue weighted by molar-refractivity contribution is 6.31. The van der Waals surface area contributed by atoms with Crippen molar-refractivity contribution in [1.29, 1.82) is 0 Å². The quantitative estimate of drug-likeness (QED) is 0.517. The smallest absolute Gasteiger partial charge is 0.199 e. The van der Waals surface area contributed by atoms with Gasteiger partial charge in [0.2, 0.25) is 0 Å². The number of nitrogens with zero attached hydrogens (tertiary/aromatic N) is 1. The van der Waals surface area contributed by atoms with Crippen LogP contribution in [0.25, 0.3) is 5.69 Å². The van der Waals surface area contributed by atoms with Crippen LogP contribution in [-0.2, 0) is 0 Å². The fourth-order valence-electron chi connectivity index (χ4n) is 3.01. The van der Waals surface area contributed by atoms with Gasteiger partial charge in [0.1, 0.15) is 13.2 Å². The molecule has 1 aromatic heterocycles. The Morgan fingerprint density at radius 2 is 1.88 bits per heavy atom. The molecule has 0 saturated carbocycles. The molecule has 2 heterocycles. The SMILES string of the molecule is O=Cc1cccn1-c1ccc(Cl)cc1C(=O)c1cccc2c1OCCO2. The van der Waals surface area contributed by atoms with Gasteiger partial charge in [0.15, 0.2) is 23.6 Å². The number of benzene rings is 2. The fraction of sp³-hybridized carbons (Fsp3) is 0.100. The fourth-order valence-corrected chi connectivity index (χ4v) is 3.18. The summed E-state index contributed by atoms with van der Waals surface area (Å²) in [6.07, 6.45) is 2.47. The topological polar surface area (TPSA) is 57.5 Å². The van der Waals surface area contributed by atoms with E-state index in [-0.39, 0.29) is 5.78 Å².